The summed E-state index contributed by atoms with van der Waals surface area (Å²) >= 11 is 0.946. The molecule has 10 heteroatoms. The van der Waals surface area contributed by atoms with Crippen LogP contribution in [0.15, 0.2) is 28.6 Å². The van der Waals surface area contributed by atoms with Crippen molar-refractivity contribution in [3.05, 3.63) is 51.5 Å². The minimum atomic E-state index is -4.44. The smallest absolute Gasteiger partial charge is 0.357 e. The Morgan fingerprint density at radius 1 is 1.19 bits per heavy atom. The molecule has 1 heterocycles. The molecule has 0 aliphatic rings. The molecule has 0 spiro atoms. The monoisotopic (exact) mass is 406 g/mol. The summed E-state index contributed by atoms with van der Waals surface area (Å²) in [6.07, 6.45) is -3.83. The van der Waals surface area contributed by atoms with E-state index in [0.717, 1.165) is 22.8 Å². The van der Waals surface area contributed by atoms with Gasteiger partial charge in [-0.3, -0.25) is 4.99 Å². The highest BCUT2D eigenvalue weighted by molar-refractivity contribution is 7.09. The minimum absolute atomic E-state index is 0.255. The standard InChI is InChI=1S/C17H19F5N4S/c1-2-23-16(24-7-5-11-3-4-12(18)9-13(11)19)25-8-6-15-26-14(10-27-15)17(20,21)22/h3-4,9-10H,2,5-8H2,1H3,(H2,23,24,25). The molecular weight excluding hydrogens is 387 g/mol. The molecule has 0 atom stereocenters. The Bertz CT molecular complexity index is 773. The van der Waals surface area contributed by atoms with Crippen molar-refractivity contribution in [2.75, 3.05) is 19.6 Å². The Balaban J connectivity index is 1.85. The fraction of sp³-hybridized carbons (Fsp3) is 0.412. The van der Waals surface area contributed by atoms with Gasteiger partial charge in [-0.25, -0.2) is 13.8 Å². The van der Waals surface area contributed by atoms with Gasteiger partial charge in [0.1, 0.15) is 11.6 Å². The van der Waals surface area contributed by atoms with Crippen molar-refractivity contribution in [3.8, 4) is 0 Å². The number of benzene rings is 1. The highest BCUT2D eigenvalue weighted by atomic mass is 32.1. The molecule has 4 nitrogen and oxygen atoms in total. The van der Waals surface area contributed by atoms with Crippen LogP contribution in [0.5, 0.6) is 0 Å². The van der Waals surface area contributed by atoms with Crippen LogP contribution in [0.25, 0.3) is 0 Å². The van der Waals surface area contributed by atoms with Gasteiger partial charge in [-0.1, -0.05) is 6.07 Å². The molecule has 0 radical (unpaired) electrons. The third kappa shape index (κ3) is 6.78. The molecule has 2 N–H and O–H groups in total. The van der Waals surface area contributed by atoms with Crippen molar-refractivity contribution in [2.45, 2.75) is 25.9 Å². The third-order valence-electron chi connectivity index (χ3n) is 3.48. The summed E-state index contributed by atoms with van der Waals surface area (Å²) < 4.78 is 64.1. The lowest BCUT2D eigenvalue weighted by molar-refractivity contribution is -0.140. The number of alkyl halides is 3. The molecule has 1 aromatic heterocycles. The number of halogens is 5. The zero-order valence-electron chi connectivity index (χ0n) is 14.5. The first kappa shape index (κ1) is 21.1. The molecule has 0 unspecified atom stereocenters. The van der Waals surface area contributed by atoms with Crippen LogP contribution in [0.4, 0.5) is 22.0 Å². The van der Waals surface area contributed by atoms with Gasteiger partial charge in [0, 0.05) is 37.5 Å². The van der Waals surface area contributed by atoms with Crippen molar-refractivity contribution < 1.29 is 22.0 Å². The molecule has 2 rings (SSSR count). The number of aromatic nitrogens is 1. The summed E-state index contributed by atoms with van der Waals surface area (Å²) in [4.78, 5) is 7.83. The van der Waals surface area contributed by atoms with Crippen LogP contribution in [-0.2, 0) is 19.0 Å². The highest BCUT2D eigenvalue weighted by Gasteiger charge is 2.33. The number of guanidine groups is 1. The Kier molecular flexibility index (Phi) is 7.52. The SMILES string of the molecule is CCNC(=NCCc1nc(C(F)(F)F)cs1)NCCc1ccc(F)cc1F. The fourth-order valence-electron chi connectivity index (χ4n) is 2.20. The molecule has 0 saturated carbocycles. The van der Waals surface area contributed by atoms with E-state index in [2.05, 4.69) is 20.6 Å². The summed E-state index contributed by atoms with van der Waals surface area (Å²) in [6, 6.07) is 3.41. The van der Waals surface area contributed by atoms with Gasteiger partial charge in [0.25, 0.3) is 0 Å². The lowest BCUT2D eigenvalue weighted by Gasteiger charge is -2.11. The molecule has 27 heavy (non-hydrogen) atoms. The van der Waals surface area contributed by atoms with E-state index < -0.39 is 23.5 Å². The molecule has 148 valence electrons. The molecule has 2 aromatic rings. The first-order chi connectivity index (χ1) is 12.8. The minimum Gasteiger partial charge on any atom is -0.357 e. The summed E-state index contributed by atoms with van der Waals surface area (Å²) in [6.45, 7) is 3.08. The van der Waals surface area contributed by atoms with E-state index in [1.165, 1.54) is 12.1 Å². The van der Waals surface area contributed by atoms with Crippen molar-refractivity contribution in [1.29, 1.82) is 0 Å². The largest absolute Gasteiger partial charge is 0.434 e. The number of thiazole rings is 1. The Morgan fingerprint density at radius 3 is 2.59 bits per heavy atom. The van der Waals surface area contributed by atoms with Gasteiger partial charge in [-0.05, 0) is 25.0 Å². The van der Waals surface area contributed by atoms with Gasteiger partial charge in [0.05, 0.1) is 5.01 Å². The van der Waals surface area contributed by atoms with Crippen LogP contribution in [-0.4, -0.2) is 30.6 Å². The maximum atomic E-state index is 13.6. The highest BCUT2D eigenvalue weighted by Crippen LogP contribution is 2.30. The van der Waals surface area contributed by atoms with Crippen LogP contribution in [0.3, 0.4) is 0 Å². The normalized spacial score (nSPS) is 12.3. The second-order valence-corrected chi connectivity index (χ2v) is 6.49. The molecule has 0 saturated heterocycles. The second kappa shape index (κ2) is 9.63. The Labute approximate surface area is 157 Å². The van der Waals surface area contributed by atoms with E-state index in [1.807, 2.05) is 6.92 Å². The molecule has 0 bridgehead atoms. The van der Waals surface area contributed by atoms with Crippen LogP contribution in [0.2, 0.25) is 0 Å². The molecular formula is C17H19F5N4S. The van der Waals surface area contributed by atoms with Gasteiger partial charge >= 0.3 is 6.18 Å². The van der Waals surface area contributed by atoms with Crippen molar-refractivity contribution in [3.63, 3.8) is 0 Å². The lowest BCUT2D eigenvalue weighted by Crippen LogP contribution is -2.38. The summed E-state index contributed by atoms with van der Waals surface area (Å²) in [5.41, 5.74) is -0.514. The number of hydrogen-bond acceptors (Lipinski definition) is 3. The van der Waals surface area contributed by atoms with Gasteiger partial charge in [-0.15, -0.1) is 11.3 Å². The maximum Gasteiger partial charge on any atom is 0.434 e. The van der Waals surface area contributed by atoms with E-state index in [-0.39, 0.29) is 13.0 Å². The molecule has 0 aliphatic heterocycles. The van der Waals surface area contributed by atoms with Crippen molar-refractivity contribution in [1.82, 2.24) is 15.6 Å². The van der Waals surface area contributed by atoms with Crippen LogP contribution >= 0.6 is 11.3 Å². The third-order valence-corrected chi connectivity index (χ3v) is 4.39. The van der Waals surface area contributed by atoms with Crippen LogP contribution in [0, 0.1) is 11.6 Å². The number of rotatable bonds is 7. The Hall–Kier alpha value is -2.23. The molecule has 0 amide bonds. The molecule has 0 aliphatic carbocycles. The fourth-order valence-corrected chi connectivity index (χ4v) is 3.00. The van der Waals surface area contributed by atoms with Crippen LogP contribution in [0.1, 0.15) is 23.2 Å². The van der Waals surface area contributed by atoms with Gasteiger partial charge in [0.15, 0.2) is 11.7 Å². The van der Waals surface area contributed by atoms with Crippen molar-refractivity contribution >= 4 is 17.3 Å². The zero-order valence-corrected chi connectivity index (χ0v) is 15.4. The number of hydrogen-bond donors (Lipinski definition) is 2. The first-order valence-corrected chi connectivity index (χ1v) is 9.15. The summed E-state index contributed by atoms with van der Waals surface area (Å²) in [5.74, 6) is -0.773. The predicted octanol–water partition coefficient (Wildman–Crippen LogP) is 3.78. The van der Waals surface area contributed by atoms with E-state index in [9.17, 15) is 22.0 Å². The van der Waals surface area contributed by atoms with E-state index in [4.69, 9.17) is 0 Å². The maximum absolute atomic E-state index is 13.6. The van der Waals surface area contributed by atoms with E-state index in [1.54, 1.807) is 0 Å². The lowest BCUT2D eigenvalue weighted by atomic mass is 10.1. The second-order valence-electron chi connectivity index (χ2n) is 5.55. The van der Waals surface area contributed by atoms with E-state index >= 15 is 0 Å². The average molecular weight is 406 g/mol. The molecule has 1 aromatic carbocycles. The predicted molar refractivity (Wildman–Crippen MR) is 94.9 cm³/mol. The summed E-state index contributed by atoms with van der Waals surface area (Å²) in [5, 5.41) is 7.35. The number of nitrogens with zero attached hydrogens (tertiary/aromatic N) is 2. The molecule has 0 fully saturated rings. The summed E-state index contributed by atoms with van der Waals surface area (Å²) in [7, 11) is 0. The van der Waals surface area contributed by atoms with E-state index in [0.29, 0.717) is 36.0 Å². The van der Waals surface area contributed by atoms with Crippen molar-refractivity contribution in [2.24, 2.45) is 4.99 Å². The quantitative estimate of drug-likeness (QED) is 0.418. The van der Waals surface area contributed by atoms with Gasteiger partial charge in [0.2, 0.25) is 0 Å². The number of nitrogens with one attached hydrogen (secondary N) is 2. The van der Waals surface area contributed by atoms with Crippen LogP contribution < -0.4 is 10.6 Å². The van der Waals surface area contributed by atoms with Gasteiger partial charge < -0.3 is 10.6 Å². The van der Waals surface area contributed by atoms with Gasteiger partial charge in [-0.2, -0.15) is 13.2 Å². The Morgan fingerprint density at radius 2 is 1.96 bits per heavy atom. The average Bonchev–Trinajstić information content (AvgIpc) is 3.06. The number of aliphatic imine (C=N–C) groups is 1. The zero-order chi connectivity index (χ0) is 19.9. The topological polar surface area (TPSA) is 49.3 Å². The first-order valence-electron chi connectivity index (χ1n) is 8.27.